The van der Waals surface area contributed by atoms with Gasteiger partial charge in [-0.2, -0.15) is 0 Å². The molecular formula is C15H30N2. The average Bonchev–Trinajstić information content (AvgIpc) is 2.30. The zero-order valence-corrected chi connectivity index (χ0v) is 11.7. The summed E-state index contributed by atoms with van der Waals surface area (Å²) in [6.07, 6.45) is 12.5. The van der Waals surface area contributed by atoms with Crippen LogP contribution in [0.5, 0.6) is 0 Å². The molecule has 0 amide bonds. The maximum absolute atomic E-state index is 5.92. The summed E-state index contributed by atoms with van der Waals surface area (Å²) in [5.74, 6) is 7.63. The molecule has 0 aromatic heterocycles. The van der Waals surface area contributed by atoms with E-state index in [0.717, 1.165) is 11.8 Å². The van der Waals surface area contributed by atoms with E-state index in [9.17, 15) is 0 Å². The fourth-order valence-electron chi connectivity index (χ4n) is 4.36. The van der Waals surface area contributed by atoms with Gasteiger partial charge < -0.3 is 0 Å². The smallest absolute Gasteiger partial charge is 0.0292 e. The summed E-state index contributed by atoms with van der Waals surface area (Å²) in [5.41, 5.74) is 3.66. The third kappa shape index (κ3) is 3.03. The first-order valence-corrected chi connectivity index (χ1v) is 7.62. The van der Waals surface area contributed by atoms with Crippen molar-refractivity contribution in [2.24, 2.45) is 23.1 Å². The highest BCUT2D eigenvalue weighted by Gasteiger charge is 2.40. The molecule has 100 valence electrons. The van der Waals surface area contributed by atoms with Gasteiger partial charge in [0.05, 0.1) is 0 Å². The van der Waals surface area contributed by atoms with Crippen molar-refractivity contribution in [2.75, 3.05) is 0 Å². The topological polar surface area (TPSA) is 38.0 Å². The van der Waals surface area contributed by atoms with Crippen molar-refractivity contribution in [1.29, 1.82) is 0 Å². The highest BCUT2D eigenvalue weighted by Crippen LogP contribution is 2.44. The van der Waals surface area contributed by atoms with E-state index in [1.165, 1.54) is 57.8 Å². The monoisotopic (exact) mass is 238 g/mol. The SMILES string of the molecule is CC1CCCC(C(NN)C2(C)CCCCC2)C1. The van der Waals surface area contributed by atoms with Gasteiger partial charge in [0.25, 0.3) is 0 Å². The van der Waals surface area contributed by atoms with Gasteiger partial charge in [0, 0.05) is 6.04 Å². The minimum absolute atomic E-state index is 0.453. The molecule has 0 bridgehead atoms. The van der Waals surface area contributed by atoms with Crippen LogP contribution in [0, 0.1) is 17.3 Å². The summed E-state index contributed by atoms with van der Waals surface area (Å²) in [7, 11) is 0. The summed E-state index contributed by atoms with van der Waals surface area (Å²) in [6, 6.07) is 0.547. The molecule has 0 aliphatic heterocycles. The molecule has 2 rings (SSSR count). The van der Waals surface area contributed by atoms with Crippen molar-refractivity contribution in [2.45, 2.75) is 77.7 Å². The van der Waals surface area contributed by atoms with Crippen LogP contribution >= 0.6 is 0 Å². The highest BCUT2D eigenvalue weighted by molar-refractivity contribution is 4.94. The van der Waals surface area contributed by atoms with E-state index in [1.54, 1.807) is 0 Å². The van der Waals surface area contributed by atoms with Crippen molar-refractivity contribution in [3.63, 3.8) is 0 Å². The second kappa shape index (κ2) is 5.71. The van der Waals surface area contributed by atoms with Crippen LogP contribution in [-0.4, -0.2) is 6.04 Å². The number of rotatable bonds is 3. The largest absolute Gasteiger partial charge is 0.271 e. The molecule has 2 nitrogen and oxygen atoms in total. The van der Waals surface area contributed by atoms with E-state index in [0.29, 0.717) is 11.5 Å². The van der Waals surface area contributed by atoms with E-state index in [-0.39, 0.29) is 0 Å². The Bertz CT molecular complexity index is 233. The Morgan fingerprint density at radius 3 is 2.41 bits per heavy atom. The third-order valence-corrected chi connectivity index (χ3v) is 5.37. The number of nitrogens with one attached hydrogen (secondary N) is 1. The van der Waals surface area contributed by atoms with Crippen LogP contribution in [0.4, 0.5) is 0 Å². The Hall–Kier alpha value is -0.0800. The zero-order valence-electron chi connectivity index (χ0n) is 11.7. The van der Waals surface area contributed by atoms with E-state index < -0.39 is 0 Å². The van der Waals surface area contributed by atoms with Crippen molar-refractivity contribution in [3.05, 3.63) is 0 Å². The lowest BCUT2D eigenvalue weighted by Gasteiger charge is -2.46. The van der Waals surface area contributed by atoms with Gasteiger partial charge in [-0.3, -0.25) is 11.3 Å². The van der Waals surface area contributed by atoms with Crippen molar-refractivity contribution in [3.8, 4) is 0 Å². The average molecular weight is 238 g/mol. The number of hydrogen-bond acceptors (Lipinski definition) is 2. The van der Waals surface area contributed by atoms with Gasteiger partial charge in [-0.15, -0.1) is 0 Å². The minimum Gasteiger partial charge on any atom is -0.271 e. The predicted octanol–water partition coefficient (Wildman–Crippen LogP) is 3.62. The van der Waals surface area contributed by atoms with E-state index >= 15 is 0 Å². The van der Waals surface area contributed by atoms with E-state index in [2.05, 4.69) is 19.3 Å². The number of hydrogen-bond donors (Lipinski definition) is 2. The summed E-state index contributed by atoms with van der Waals surface area (Å²) in [5, 5.41) is 0. The molecule has 0 saturated heterocycles. The first-order chi connectivity index (χ1) is 8.15. The second-order valence-electron chi connectivity index (χ2n) is 6.89. The van der Waals surface area contributed by atoms with E-state index in [4.69, 9.17) is 5.84 Å². The molecule has 2 aliphatic rings. The van der Waals surface area contributed by atoms with Gasteiger partial charge in [-0.1, -0.05) is 46.0 Å². The van der Waals surface area contributed by atoms with Crippen molar-refractivity contribution >= 4 is 0 Å². The summed E-state index contributed by atoms with van der Waals surface area (Å²) in [6.45, 7) is 4.87. The molecule has 0 aromatic rings. The Balaban J connectivity index is 2.03. The maximum atomic E-state index is 5.92. The lowest BCUT2D eigenvalue weighted by Crippen LogP contribution is -2.53. The molecule has 0 spiro atoms. The van der Waals surface area contributed by atoms with E-state index in [1.807, 2.05) is 0 Å². The molecular weight excluding hydrogens is 208 g/mol. The molecule has 2 aliphatic carbocycles. The van der Waals surface area contributed by atoms with Crippen LogP contribution in [0.3, 0.4) is 0 Å². The Labute approximate surface area is 107 Å². The van der Waals surface area contributed by atoms with Crippen LogP contribution in [0.2, 0.25) is 0 Å². The van der Waals surface area contributed by atoms with Crippen LogP contribution in [-0.2, 0) is 0 Å². The molecule has 0 heterocycles. The van der Waals surface area contributed by atoms with Crippen LogP contribution in [0.15, 0.2) is 0 Å². The van der Waals surface area contributed by atoms with Gasteiger partial charge in [-0.25, -0.2) is 0 Å². The first kappa shape index (κ1) is 13.4. The Kier molecular flexibility index (Phi) is 4.48. The highest BCUT2D eigenvalue weighted by atomic mass is 15.2. The third-order valence-electron chi connectivity index (χ3n) is 5.37. The quantitative estimate of drug-likeness (QED) is 0.582. The van der Waals surface area contributed by atoms with Gasteiger partial charge in [0.1, 0.15) is 0 Å². The molecule has 3 unspecified atom stereocenters. The lowest BCUT2D eigenvalue weighted by atomic mass is 9.64. The zero-order chi connectivity index (χ0) is 12.3. The van der Waals surface area contributed by atoms with Gasteiger partial charge in [-0.05, 0) is 42.9 Å². The molecule has 0 aromatic carbocycles. The van der Waals surface area contributed by atoms with Crippen molar-refractivity contribution < 1.29 is 0 Å². The predicted molar refractivity (Wildman–Crippen MR) is 73.4 cm³/mol. The standard InChI is InChI=1S/C15H30N2/c1-12-7-6-8-13(11-12)14(17-16)15(2)9-4-3-5-10-15/h12-14,17H,3-11,16H2,1-2H3. The summed E-state index contributed by atoms with van der Waals surface area (Å²) < 4.78 is 0. The van der Waals surface area contributed by atoms with Gasteiger partial charge in [0.15, 0.2) is 0 Å². The first-order valence-electron chi connectivity index (χ1n) is 7.62. The molecule has 3 atom stereocenters. The summed E-state index contributed by atoms with van der Waals surface area (Å²) in [4.78, 5) is 0. The Morgan fingerprint density at radius 1 is 1.12 bits per heavy atom. The lowest BCUT2D eigenvalue weighted by molar-refractivity contribution is 0.0756. The maximum Gasteiger partial charge on any atom is 0.0292 e. The van der Waals surface area contributed by atoms with Crippen molar-refractivity contribution in [1.82, 2.24) is 5.43 Å². The van der Waals surface area contributed by atoms with Gasteiger partial charge in [0.2, 0.25) is 0 Å². The molecule has 2 heteroatoms. The van der Waals surface area contributed by atoms with Gasteiger partial charge >= 0.3 is 0 Å². The van der Waals surface area contributed by atoms with Crippen LogP contribution in [0.25, 0.3) is 0 Å². The molecule has 3 N–H and O–H groups in total. The Morgan fingerprint density at radius 2 is 1.82 bits per heavy atom. The molecule has 2 saturated carbocycles. The van der Waals surface area contributed by atoms with Crippen LogP contribution in [0.1, 0.15) is 71.6 Å². The molecule has 17 heavy (non-hydrogen) atoms. The second-order valence-corrected chi connectivity index (χ2v) is 6.89. The summed E-state index contributed by atoms with van der Waals surface area (Å²) >= 11 is 0. The van der Waals surface area contributed by atoms with Crippen LogP contribution < -0.4 is 11.3 Å². The normalized spacial score (nSPS) is 35.5. The number of nitrogens with two attached hydrogens (primary N) is 1. The minimum atomic E-state index is 0.453. The fourth-order valence-corrected chi connectivity index (χ4v) is 4.36. The fraction of sp³-hybridized carbons (Fsp3) is 1.00. The molecule has 2 fully saturated rings. The molecule has 0 radical (unpaired) electrons. The number of hydrazine groups is 1.